The minimum atomic E-state index is -0.104. The van der Waals surface area contributed by atoms with Gasteiger partial charge in [-0.3, -0.25) is 0 Å². The molecule has 0 heterocycles. The molecule has 0 N–H and O–H groups in total. The van der Waals surface area contributed by atoms with Gasteiger partial charge in [-0.1, -0.05) is 319 Å². The van der Waals surface area contributed by atoms with E-state index in [9.17, 15) is 0 Å². The minimum Gasteiger partial charge on any atom is -0.103 e. The molecule has 0 bridgehead atoms. The molecule has 0 fully saturated rings. The van der Waals surface area contributed by atoms with E-state index in [0.29, 0.717) is 35.5 Å². The Morgan fingerprint density at radius 3 is 1.02 bits per heavy atom. The van der Waals surface area contributed by atoms with Crippen molar-refractivity contribution in [2.45, 2.75) is 81.5 Å². The van der Waals surface area contributed by atoms with Crippen LogP contribution in [0.4, 0.5) is 0 Å². The minimum absolute atomic E-state index is 0.0833. The number of allylic oxidation sites excluding steroid dienone is 4. The summed E-state index contributed by atoms with van der Waals surface area (Å²) in [7, 11) is 0. The van der Waals surface area contributed by atoms with E-state index in [0.717, 1.165) is 12.8 Å². The maximum atomic E-state index is 4.03. The zero-order valence-corrected chi connectivity index (χ0v) is 48.3. The van der Waals surface area contributed by atoms with E-state index >= 15 is 0 Å². The van der Waals surface area contributed by atoms with Gasteiger partial charge in [0.1, 0.15) is 0 Å². The molecular weight excluding hydrogens is 997 g/mol. The molecule has 6 aliphatic carbocycles. The highest BCUT2D eigenvalue weighted by atomic mass is 14.5. The van der Waals surface area contributed by atoms with E-state index in [1.807, 2.05) is 0 Å². The fraction of sp³-hybridized carbons (Fsp3) is 0.181. The number of hydrogen-bond acceptors (Lipinski definition) is 0. The summed E-state index contributed by atoms with van der Waals surface area (Å²) in [5.41, 5.74) is 27.2. The van der Waals surface area contributed by atoms with E-state index in [-0.39, 0.29) is 16.2 Å². The molecule has 0 aromatic heterocycles. The molecule has 10 aromatic carbocycles. The number of rotatable bonds is 10. The zero-order valence-electron chi connectivity index (χ0n) is 48.3. The summed E-state index contributed by atoms with van der Waals surface area (Å²) in [6.45, 7) is 13.9. The lowest BCUT2D eigenvalue weighted by molar-refractivity contribution is 0.232. The van der Waals surface area contributed by atoms with Gasteiger partial charge in [-0.15, -0.1) is 6.58 Å². The summed E-state index contributed by atoms with van der Waals surface area (Å²) in [6.07, 6.45) is 18.4. The fourth-order valence-corrected chi connectivity index (χ4v) is 16.5. The molecule has 6 aliphatic rings. The fourth-order valence-electron chi connectivity index (χ4n) is 16.5. The Labute approximate surface area is 493 Å². The SMILES string of the molecule is C=CCCC(C)(C1C=Cc2ccccc21)C1c2ccccc2-c2ccccc21.CC(C)(C1C=Cc2ccccc21)C1c2ccccc2-c2ccccc21.CC(c1ccccc1)(C1C=Cc2ccccc21)C1c2ccccc2-c2ccccc21. The topological polar surface area (TPSA) is 0 Å². The van der Waals surface area contributed by atoms with Crippen LogP contribution in [-0.2, 0) is 5.41 Å². The Hall–Kier alpha value is -8.84. The first-order valence-electron chi connectivity index (χ1n) is 30.2. The van der Waals surface area contributed by atoms with Gasteiger partial charge in [-0.25, -0.2) is 0 Å². The number of fused-ring (bicyclic) bond motifs is 12. The van der Waals surface area contributed by atoms with Crippen LogP contribution in [0.1, 0.15) is 148 Å². The first-order valence-corrected chi connectivity index (χ1v) is 30.2. The summed E-state index contributed by atoms with van der Waals surface area (Å²) >= 11 is 0. The largest absolute Gasteiger partial charge is 0.103 e. The van der Waals surface area contributed by atoms with Crippen LogP contribution in [0.25, 0.3) is 51.6 Å². The number of hydrogen-bond donors (Lipinski definition) is 0. The van der Waals surface area contributed by atoms with Crippen LogP contribution in [0.15, 0.2) is 280 Å². The van der Waals surface area contributed by atoms with Gasteiger partial charge < -0.3 is 0 Å². The average Bonchev–Trinajstić information content (AvgIpc) is 2.75. The van der Waals surface area contributed by atoms with Gasteiger partial charge in [0.2, 0.25) is 0 Å². The van der Waals surface area contributed by atoms with Gasteiger partial charge in [-0.05, 0) is 129 Å². The summed E-state index contributed by atoms with van der Waals surface area (Å²) < 4.78 is 0. The molecule has 0 saturated heterocycles. The van der Waals surface area contributed by atoms with Gasteiger partial charge in [0.25, 0.3) is 0 Å². The van der Waals surface area contributed by atoms with E-state index in [1.165, 1.54) is 106 Å². The normalized spacial score (nSPS) is 18.5. The summed E-state index contributed by atoms with van der Waals surface area (Å²) in [6, 6.07) is 91.7. The van der Waals surface area contributed by atoms with Crippen LogP contribution in [0.3, 0.4) is 0 Å². The molecule has 5 unspecified atom stereocenters. The van der Waals surface area contributed by atoms with Crippen molar-refractivity contribution < 1.29 is 0 Å². The van der Waals surface area contributed by atoms with Crippen molar-refractivity contribution in [1.29, 1.82) is 0 Å². The molecule has 0 saturated carbocycles. The highest BCUT2D eigenvalue weighted by molar-refractivity contribution is 5.83. The van der Waals surface area contributed by atoms with E-state index in [1.54, 1.807) is 0 Å². The number of benzene rings is 10. The standard InChI is InChI=1S/C30H24.C28H26.C25H22/c1-30(22-12-3-2-4-13-22,28-20-19-21-11-5-6-14-23(21)28)29-26-17-9-7-15-24(26)25-16-8-10-18-27(25)29;1-3-4-19-28(2,26-18-17-20-11-5-6-12-21(20)26)27-24-15-9-7-13-22(24)23-14-8-10-16-25(23)27;1-25(2,23-16-15-17-9-3-4-10-18(17)23)24-21-13-7-5-11-19(21)20-12-6-8-14-22(20)24/h2-20,28-29H,1H3;3,5-18,26-27H,1,4,19H2,2H3;3-16,23-24H,1-2H3. The summed E-state index contributed by atoms with van der Waals surface area (Å²) in [5.74, 6) is 2.27. The van der Waals surface area contributed by atoms with Crippen LogP contribution in [-0.4, -0.2) is 0 Å². The first-order chi connectivity index (χ1) is 40.7. The third-order valence-corrected chi connectivity index (χ3v) is 20.3. The molecule has 0 heteroatoms. The molecule has 0 spiro atoms. The first kappa shape index (κ1) is 52.2. The molecule has 16 rings (SSSR count). The van der Waals surface area contributed by atoms with Crippen molar-refractivity contribution in [2.24, 2.45) is 10.8 Å². The van der Waals surface area contributed by atoms with Crippen molar-refractivity contribution >= 4 is 18.2 Å². The van der Waals surface area contributed by atoms with Crippen molar-refractivity contribution in [3.63, 3.8) is 0 Å². The van der Waals surface area contributed by atoms with E-state index < -0.39 is 0 Å². The van der Waals surface area contributed by atoms with Crippen molar-refractivity contribution in [2.75, 3.05) is 0 Å². The van der Waals surface area contributed by atoms with Crippen LogP contribution < -0.4 is 0 Å². The van der Waals surface area contributed by atoms with Crippen molar-refractivity contribution in [3.05, 3.63) is 352 Å². The molecule has 0 amide bonds. The molecule has 0 aliphatic heterocycles. The van der Waals surface area contributed by atoms with Crippen LogP contribution >= 0.6 is 0 Å². The Morgan fingerprint density at radius 1 is 0.313 bits per heavy atom. The zero-order chi connectivity index (χ0) is 56.3. The van der Waals surface area contributed by atoms with Crippen LogP contribution in [0.2, 0.25) is 0 Å². The van der Waals surface area contributed by atoms with Gasteiger partial charge in [-0.2, -0.15) is 0 Å². The average molecular weight is 1070 g/mol. The molecular formula is C83H72. The second kappa shape index (κ2) is 21.2. The molecule has 5 atom stereocenters. The lowest BCUT2D eigenvalue weighted by Crippen LogP contribution is -2.36. The lowest BCUT2D eigenvalue weighted by Gasteiger charge is -2.42. The van der Waals surface area contributed by atoms with Crippen LogP contribution in [0.5, 0.6) is 0 Å². The smallest absolute Gasteiger partial charge is 0.0205 e. The second-order valence-electron chi connectivity index (χ2n) is 25.0. The Bertz CT molecular complexity index is 4040. The Balaban J connectivity index is 0.000000112. The molecule has 404 valence electrons. The van der Waals surface area contributed by atoms with Gasteiger partial charge >= 0.3 is 0 Å². The summed E-state index contributed by atoms with van der Waals surface area (Å²) in [4.78, 5) is 0. The van der Waals surface area contributed by atoms with E-state index in [2.05, 4.69) is 326 Å². The maximum absolute atomic E-state index is 4.03. The monoisotopic (exact) mass is 1070 g/mol. The highest BCUT2D eigenvalue weighted by Gasteiger charge is 2.50. The van der Waals surface area contributed by atoms with Crippen molar-refractivity contribution in [3.8, 4) is 33.4 Å². The molecule has 0 nitrogen and oxygen atoms in total. The maximum Gasteiger partial charge on any atom is 0.0205 e. The third kappa shape index (κ3) is 8.55. The quantitative estimate of drug-likeness (QED) is 0.120. The lowest BCUT2D eigenvalue weighted by atomic mass is 9.60. The molecule has 10 aromatic rings. The predicted molar refractivity (Wildman–Crippen MR) is 351 cm³/mol. The van der Waals surface area contributed by atoms with Gasteiger partial charge in [0, 0.05) is 40.9 Å². The van der Waals surface area contributed by atoms with E-state index in [4.69, 9.17) is 0 Å². The molecule has 0 radical (unpaired) electrons. The van der Waals surface area contributed by atoms with Crippen LogP contribution in [0, 0.1) is 10.8 Å². The second-order valence-corrected chi connectivity index (χ2v) is 25.0. The van der Waals surface area contributed by atoms with Gasteiger partial charge in [0.15, 0.2) is 0 Å². The summed E-state index contributed by atoms with van der Waals surface area (Å²) in [5, 5.41) is 0. The molecule has 83 heavy (non-hydrogen) atoms. The highest BCUT2D eigenvalue weighted by Crippen LogP contribution is 2.63. The predicted octanol–water partition coefficient (Wildman–Crippen LogP) is 21.8. The van der Waals surface area contributed by atoms with Gasteiger partial charge in [0.05, 0.1) is 0 Å². The van der Waals surface area contributed by atoms with Crippen molar-refractivity contribution in [1.82, 2.24) is 0 Å². The Morgan fingerprint density at radius 2 is 0.614 bits per heavy atom. The Kier molecular flexibility index (Phi) is 13.3. The third-order valence-electron chi connectivity index (χ3n) is 20.3.